The topological polar surface area (TPSA) is 110 Å². The van der Waals surface area contributed by atoms with Crippen molar-refractivity contribution in [1.29, 1.82) is 0 Å². The molecule has 118 valence electrons. The number of piperidine rings is 1. The Hall–Kier alpha value is -2.64. The molecule has 0 bridgehead atoms. The number of carboxylic acids is 1. The van der Waals surface area contributed by atoms with Gasteiger partial charge in [0.2, 0.25) is 0 Å². The van der Waals surface area contributed by atoms with Crippen LogP contribution in [0, 0.1) is 16.0 Å². The monoisotopic (exact) mass is 308 g/mol. The van der Waals surface area contributed by atoms with E-state index < -0.39 is 16.8 Å². The van der Waals surface area contributed by atoms with Gasteiger partial charge in [0.25, 0.3) is 11.6 Å². The lowest BCUT2D eigenvalue weighted by Gasteiger charge is -2.30. The number of rotatable bonds is 5. The first-order chi connectivity index (χ1) is 10.5. The lowest BCUT2D eigenvalue weighted by Crippen LogP contribution is -2.44. The quantitative estimate of drug-likeness (QED) is 0.648. The number of hydrogen-bond acceptors (Lipinski definition) is 5. The third kappa shape index (κ3) is 3.94. The molecule has 1 heterocycles. The molecule has 1 aromatic rings. The van der Waals surface area contributed by atoms with Gasteiger partial charge in [0, 0.05) is 25.2 Å². The maximum Gasteiger partial charge on any atom is 0.308 e. The standard InChI is InChI=1S/C14H16N2O6/c17-13(15-7-1-2-10(8-15)14(18)19)9-22-12-5-3-11(4-6-12)16(20)21/h3-6,10H,1-2,7-9H2,(H,18,19). The van der Waals surface area contributed by atoms with Crippen molar-refractivity contribution in [2.75, 3.05) is 19.7 Å². The molecule has 1 unspecified atom stereocenters. The second kappa shape index (κ2) is 6.88. The number of hydrogen-bond donors (Lipinski definition) is 1. The third-order valence-corrected chi connectivity index (χ3v) is 3.53. The van der Waals surface area contributed by atoms with Gasteiger partial charge in [-0.2, -0.15) is 0 Å². The maximum atomic E-state index is 12.0. The fourth-order valence-corrected chi connectivity index (χ4v) is 2.31. The van der Waals surface area contributed by atoms with Gasteiger partial charge in [-0.15, -0.1) is 0 Å². The molecular formula is C14H16N2O6. The normalized spacial score (nSPS) is 17.8. The van der Waals surface area contributed by atoms with Gasteiger partial charge in [-0.25, -0.2) is 0 Å². The van der Waals surface area contributed by atoms with Gasteiger partial charge in [0.05, 0.1) is 10.8 Å². The lowest BCUT2D eigenvalue weighted by atomic mass is 9.98. The molecule has 1 fully saturated rings. The number of carbonyl (C=O) groups is 2. The number of aliphatic carboxylic acids is 1. The van der Waals surface area contributed by atoms with Crippen LogP contribution in [-0.2, 0) is 9.59 Å². The number of carbonyl (C=O) groups excluding carboxylic acids is 1. The Labute approximate surface area is 126 Å². The molecule has 1 atom stereocenters. The number of nitrogens with zero attached hydrogens (tertiary/aromatic N) is 2. The number of ether oxygens (including phenoxy) is 1. The SMILES string of the molecule is O=C(O)C1CCCN(C(=O)COc2ccc([N+](=O)[O-])cc2)C1. The van der Waals surface area contributed by atoms with Gasteiger partial charge in [-0.3, -0.25) is 19.7 Å². The number of benzene rings is 1. The van der Waals surface area contributed by atoms with Crippen LogP contribution >= 0.6 is 0 Å². The van der Waals surface area contributed by atoms with E-state index in [0.29, 0.717) is 25.1 Å². The summed E-state index contributed by atoms with van der Waals surface area (Å²) in [6.07, 6.45) is 1.22. The van der Waals surface area contributed by atoms with Crippen molar-refractivity contribution >= 4 is 17.6 Å². The smallest absolute Gasteiger partial charge is 0.308 e. The fraction of sp³-hybridized carbons (Fsp3) is 0.429. The summed E-state index contributed by atoms with van der Waals surface area (Å²) in [4.78, 5) is 34.5. The first-order valence-corrected chi connectivity index (χ1v) is 6.85. The Bertz CT molecular complexity index is 571. The van der Waals surface area contributed by atoms with E-state index in [1.54, 1.807) is 0 Å². The summed E-state index contributed by atoms with van der Waals surface area (Å²) in [5.74, 6) is -1.36. The van der Waals surface area contributed by atoms with Crippen molar-refractivity contribution in [3.8, 4) is 5.75 Å². The molecule has 2 rings (SSSR count). The minimum atomic E-state index is -0.895. The molecule has 1 N–H and O–H groups in total. The number of nitro groups is 1. The Morgan fingerprint density at radius 1 is 1.36 bits per heavy atom. The molecule has 0 aromatic heterocycles. The number of non-ortho nitro benzene ring substituents is 1. The molecule has 0 radical (unpaired) electrons. The Kier molecular flexibility index (Phi) is 4.92. The minimum Gasteiger partial charge on any atom is -0.484 e. The third-order valence-electron chi connectivity index (χ3n) is 3.53. The highest BCUT2D eigenvalue weighted by Crippen LogP contribution is 2.19. The van der Waals surface area contributed by atoms with E-state index in [4.69, 9.17) is 9.84 Å². The second-order valence-electron chi connectivity index (χ2n) is 5.06. The molecule has 1 aromatic carbocycles. The van der Waals surface area contributed by atoms with Crippen LogP contribution in [0.25, 0.3) is 0 Å². The van der Waals surface area contributed by atoms with Crippen LogP contribution in [0.15, 0.2) is 24.3 Å². The first-order valence-electron chi connectivity index (χ1n) is 6.85. The lowest BCUT2D eigenvalue weighted by molar-refractivity contribution is -0.384. The minimum absolute atomic E-state index is 0.0565. The summed E-state index contributed by atoms with van der Waals surface area (Å²) in [6, 6.07) is 5.42. The zero-order valence-corrected chi connectivity index (χ0v) is 11.8. The Balaban J connectivity index is 1.86. The first kappa shape index (κ1) is 15.7. The van der Waals surface area contributed by atoms with Crippen LogP contribution in [0.5, 0.6) is 5.75 Å². The molecule has 8 nitrogen and oxygen atoms in total. The van der Waals surface area contributed by atoms with Gasteiger partial charge in [-0.05, 0) is 25.0 Å². The Morgan fingerprint density at radius 2 is 2.05 bits per heavy atom. The van der Waals surface area contributed by atoms with Crippen molar-refractivity contribution in [3.05, 3.63) is 34.4 Å². The van der Waals surface area contributed by atoms with E-state index in [2.05, 4.69) is 0 Å². The molecule has 0 saturated carbocycles. The van der Waals surface area contributed by atoms with Crippen LogP contribution < -0.4 is 4.74 Å². The van der Waals surface area contributed by atoms with Gasteiger partial charge >= 0.3 is 5.97 Å². The van der Waals surface area contributed by atoms with Gasteiger partial charge < -0.3 is 14.7 Å². The number of nitro benzene ring substituents is 1. The molecule has 1 aliphatic rings. The van der Waals surface area contributed by atoms with E-state index in [1.165, 1.54) is 29.2 Å². The highest BCUT2D eigenvalue weighted by atomic mass is 16.6. The van der Waals surface area contributed by atoms with Crippen molar-refractivity contribution < 1.29 is 24.4 Å². The number of likely N-dealkylation sites (tertiary alicyclic amines) is 1. The van der Waals surface area contributed by atoms with Crippen LogP contribution in [0.1, 0.15) is 12.8 Å². The summed E-state index contributed by atoms with van der Waals surface area (Å²) >= 11 is 0. The molecule has 22 heavy (non-hydrogen) atoms. The average Bonchev–Trinajstić information content (AvgIpc) is 2.53. The zero-order chi connectivity index (χ0) is 16.1. The van der Waals surface area contributed by atoms with E-state index in [0.717, 1.165) is 0 Å². The van der Waals surface area contributed by atoms with Crippen molar-refractivity contribution in [3.63, 3.8) is 0 Å². The maximum absolute atomic E-state index is 12.0. The zero-order valence-electron chi connectivity index (χ0n) is 11.8. The fourth-order valence-electron chi connectivity index (χ4n) is 2.31. The summed E-state index contributed by atoms with van der Waals surface area (Å²) in [7, 11) is 0. The molecule has 8 heteroatoms. The van der Waals surface area contributed by atoms with Crippen molar-refractivity contribution in [2.24, 2.45) is 5.92 Å². The van der Waals surface area contributed by atoms with Crippen LogP contribution in [0.4, 0.5) is 5.69 Å². The highest BCUT2D eigenvalue weighted by molar-refractivity contribution is 5.79. The van der Waals surface area contributed by atoms with E-state index in [9.17, 15) is 19.7 Å². The summed E-state index contributed by atoms with van der Waals surface area (Å²) in [5, 5.41) is 19.5. The molecule has 1 amide bonds. The van der Waals surface area contributed by atoms with Crippen molar-refractivity contribution in [1.82, 2.24) is 4.90 Å². The van der Waals surface area contributed by atoms with Crippen LogP contribution in [-0.4, -0.2) is 46.5 Å². The van der Waals surface area contributed by atoms with Crippen LogP contribution in [0.2, 0.25) is 0 Å². The average molecular weight is 308 g/mol. The number of amides is 1. The molecule has 1 aliphatic heterocycles. The van der Waals surface area contributed by atoms with Crippen LogP contribution in [0.3, 0.4) is 0 Å². The Morgan fingerprint density at radius 3 is 2.64 bits per heavy atom. The van der Waals surface area contributed by atoms with E-state index in [-0.39, 0.29) is 24.7 Å². The molecular weight excluding hydrogens is 292 g/mol. The van der Waals surface area contributed by atoms with Gasteiger partial charge in [-0.1, -0.05) is 0 Å². The molecule has 1 saturated heterocycles. The molecule has 0 aliphatic carbocycles. The molecule has 0 spiro atoms. The summed E-state index contributed by atoms with van der Waals surface area (Å²) < 4.78 is 5.29. The summed E-state index contributed by atoms with van der Waals surface area (Å²) in [5.41, 5.74) is -0.0565. The van der Waals surface area contributed by atoms with Gasteiger partial charge in [0.15, 0.2) is 6.61 Å². The number of carboxylic acid groups (broad SMARTS) is 1. The van der Waals surface area contributed by atoms with Crippen molar-refractivity contribution in [2.45, 2.75) is 12.8 Å². The van der Waals surface area contributed by atoms with E-state index in [1.807, 2.05) is 0 Å². The predicted molar refractivity (Wildman–Crippen MR) is 75.5 cm³/mol. The summed E-state index contributed by atoms with van der Waals surface area (Å²) in [6.45, 7) is 0.494. The largest absolute Gasteiger partial charge is 0.484 e. The highest BCUT2D eigenvalue weighted by Gasteiger charge is 2.28. The van der Waals surface area contributed by atoms with E-state index >= 15 is 0 Å². The second-order valence-corrected chi connectivity index (χ2v) is 5.06. The predicted octanol–water partition coefficient (Wildman–Crippen LogP) is 1.30. The van der Waals surface area contributed by atoms with Gasteiger partial charge in [0.1, 0.15) is 5.75 Å².